The number of aromatic nitrogens is 1. The Labute approximate surface area is 203 Å². The van der Waals surface area contributed by atoms with Crippen LogP contribution in [0.15, 0.2) is 16.7 Å². The van der Waals surface area contributed by atoms with Gasteiger partial charge in [0, 0.05) is 18.2 Å². The summed E-state index contributed by atoms with van der Waals surface area (Å²) >= 11 is 2.31. The summed E-state index contributed by atoms with van der Waals surface area (Å²) in [6, 6.07) is -1.02. The van der Waals surface area contributed by atoms with Gasteiger partial charge in [0.2, 0.25) is 6.79 Å². The van der Waals surface area contributed by atoms with Crippen molar-refractivity contribution in [3.05, 3.63) is 22.3 Å². The van der Waals surface area contributed by atoms with Gasteiger partial charge in [-0.25, -0.2) is 9.78 Å². The van der Waals surface area contributed by atoms with E-state index in [1.54, 1.807) is 20.8 Å². The normalized spacial score (nSPS) is 19.8. The molecular formula is C20H24N4O8S2. The van der Waals surface area contributed by atoms with Gasteiger partial charge >= 0.3 is 11.9 Å². The number of nitrogens with two attached hydrogens (primary N) is 1. The number of thioether (sulfide) groups is 1. The van der Waals surface area contributed by atoms with Gasteiger partial charge in [0.15, 0.2) is 5.13 Å². The lowest BCUT2D eigenvalue weighted by Gasteiger charge is -2.49. The van der Waals surface area contributed by atoms with Crippen LogP contribution < -0.4 is 11.1 Å². The van der Waals surface area contributed by atoms with Crippen LogP contribution in [-0.4, -0.2) is 77.1 Å². The summed E-state index contributed by atoms with van der Waals surface area (Å²) in [6.45, 7) is 4.41. The molecule has 1 aromatic rings. The van der Waals surface area contributed by atoms with Crippen LogP contribution in [0.3, 0.4) is 0 Å². The predicted octanol–water partition coefficient (Wildman–Crippen LogP) is 0.298. The number of ether oxygens (including phenoxy) is 3. The summed E-state index contributed by atoms with van der Waals surface area (Å²) < 4.78 is 15.2. The quantitative estimate of drug-likeness (QED) is 0.162. The van der Waals surface area contributed by atoms with Gasteiger partial charge in [-0.3, -0.25) is 24.1 Å². The first-order chi connectivity index (χ1) is 16.0. The summed E-state index contributed by atoms with van der Waals surface area (Å²) in [7, 11) is 1.44. The second-order valence-electron chi connectivity index (χ2n) is 8.38. The molecule has 2 aliphatic heterocycles. The van der Waals surface area contributed by atoms with E-state index in [2.05, 4.69) is 10.3 Å². The molecule has 1 aromatic heterocycles. The molecule has 3 heterocycles. The molecule has 2 aliphatic rings. The molecule has 12 nitrogen and oxygen atoms in total. The van der Waals surface area contributed by atoms with Crippen molar-refractivity contribution in [1.29, 1.82) is 0 Å². The maximum Gasteiger partial charge on any atom is 0.358 e. The number of esters is 2. The smallest absolute Gasteiger partial charge is 0.358 e. The van der Waals surface area contributed by atoms with Gasteiger partial charge in [0.1, 0.15) is 22.8 Å². The van der Waals surface area contributed by atoms with Crippen LogP contribution in [0, 0.1) is 5.41 Å². The van der Waals surface area contributed by atoms with Crippen molar-refractivity contribution in [2.45, 2.75) is 32.2 Å². The number of carbonyl (C=O) groups excluding carboxylic acids is 5. The molecule has 0 aromatic carbocycles. The number of rotatable bonds is 8. The number of nitrogens with zero attached hydrogens (tertiary/aromatic N) is 2. The van der Waals surface area contributed by atoms with Crippen LogP contribution in [0.2, 0.25) is 0 Å². The van der Waals surface area contributed by atoms with E-state index >= 15 is 0 Å². The van der Waals surface area contributed by atoms with Crippen LogP contribution in [0.4, 0.5) is 5.13 Å². The number of fused-ring (bicyclic) bond motifs is 1. The summed E-state index contributed by atoms with van der Waals surface area (Å²) in [4.78, 5) is 67.1. The SMILES string of the molecule is COCC1=C(C(=O)OCOC(=O)C(C)(C)C)N2C(=O)C(NC(=O)C(=O)c3csc(N)n3)[C@@H]2SC1. The molecule has 1 unspecified atom stereocenters. The van der Waals surface area contributed by atoms with Gasteiger partial charge in [-0.2, -0.15) is 0 Å². The van der Waals surface area contributed by atoms with Crippen molar-refractivity contribution >= 4 is 57.8 Å². The summed E-state index contributed by atoms with van der Waals surface area (Å²) in [6.07, 6.45) is 0. The number of nitrogens with one attached hydrogen (secondary N) is 1. The highest BCUT2D eigenvalue weighted by atomic mass is 32.2. The zero-order valence-corrected chi connectivity index (χ0v) is 20.5. The molecule has 184 valence electrons. The highest BCUT2D eigenvalue weighted by molar-refractivity contribution is 8.00. The number of thiazole rings is 1. The number of β-lactam (4-membered cyclic amide) rings is 1. The Morgan fingerprint density at radius 1 is 1.26 bits per heavy atom. The second-order valence-corrected chi connectivity index (χ2v) is 10.4. The van der Waals surface area contributed by atoms with Gasteiger partial charge in [0.05, 0.1) is 12.0 Å². The van der Waals surface area contributed by atoms with E-state index in [1.165, 1.54) is 29.2 Å². The van der Waals surface area contributed by atoms with E-state index in [0.717, 1.165) is 11.3 Å². The minimum absolute atomic E-state index is 0.0356. The topological polar surface area (TPSA) is 167 Å². The largest absolute Gasteiger partial charge is 0.427 e. The predicted molar refractivity (Wildman–Crippen MR) is 121 cm³/mol. The van der Waals surface area contributed by atoms with Crippen molar-refractivity contribution in [3.8, 4) is 0 Å². The van der Waals surface area contributed by atoms with Crippen LogP contribution in [0.25, 0.3) is 0 Å². The number of ketones is 1. The van der Waals surface area contributed by atoms with Gasteiger partial charge < -0.3 is 25.3 Å². The maximum absolute atomic E-state index is 12.9. The molecule has 0 bridgehead atoms. The third-order valence-electron chi connectivity index (χ3n) is 4.80. The number of hydrogen-bond donors (Lipinski definition) is 2. The van der Waals surface area contributed by atoms with Crippen molar-refractivity contribution < 1.29 is 38.2 Å². The lowest BCUT2D eigenvalue weighted by Crippen LogP contribution is -2.71. The molecule has 1 saturated heterocycles. The Morgan fingerprint density at radius 2 is 1.97 bits per heavy atom. The molecule has 3 rings (SSSR count). The molecule has 2 amide bonds. The van der Waals surface area contributed by atoms with Crippen molar-refractivity contribution in [1.82, 2.24) is 15.2 Å². The Hall–Kier alpha value is -2.97. The Kier molecular flexibility index (Phi) is 7.63. The number of methoxy groups -OCH3 is 1. The number of amides is 2. The van der Waals surface area contributed by atoms with Crippen LogP contribution in [-0.2, 0) is 33.4 Å². The van der Waals surface area contributed by atoms with Gasteiger partial charge in [-0.1, -0.05) is 0 Å². The van der Waals surface area contributed by atoms with Gasteiger partial charge in [-0.15, -0.1) is 23.1 Å². The summed E-state index contributed by atoms with van der Waals surface area (Å²) in [5.74, 6) is -3.63. The molecule has 2 atom stereocenters. The highest BCUT2D eigenvalue weighted by Gasteiger charge is 2.54. The van der Waals surface area contributed by atoms with Crippen molar-refractivity contribution in [2.24, 2.45) is 5.41 Å². The molecule has 0 spiro atoms. The number of nitrogen functional groups attached to an aromatic ring is 1. The van der Waals surface area contributed by atoms with Gasteiger partial charge in [-0.05, 0) is 26.3 Å². The van der Waals surface area contributed by atoms with E-state index in [-0.39, 0.29) is 23.1 Å². The minimum atomic E-state index is -1.02. The fourth-order valence-corrected chi connectivity index (χ4v) is 4.96. The molecule has 0 aliphatic carbocycles. The van der Waals surface area contributed by atoms with Crippen molar-refractivity contribution in [2.75, 3.05) is 32.0 Å². The summed E-state index contributed by atoms with van der Waals surface area (Å²) in [5, 5.41) is 3.25. The maximum atomic E-state index is 12.9. The highest BCUT2D eigenvalue weighted by Crippen LogP contribution is 2.40. The Bertz CT molecular complexity index is 1060. The molecule has 3 N–H and O–H groups in total. The van der Waals surface area contributed by atoms with E-state index < -0.39 is 53.2 Å². The molecule has 14 heteroatoms. The molecule has 0 saturated carbocycles. The van der Waals surface area contributed by atoms with Crippen LogP contribution >= 0.6 is 23.1 Å². The second kappa shape index (κ2) is 10.1. The molecule has 34 heavy (non-hydrogen) atoms. The molecule has 1 fully saturated rings. The Morgan fingerprint density at radius 3 is 2.56 bits per heavy atom. The standard InChI is InChI=1S/C20H24N4O8S2/c1-20(2,3)18(29)32-8-31-17(28)12-9(5-30-4)6-33-16-11(15(27)24(12)16)23-14(26)13(25)10-7-34-19(21)22-10/h7,11,16H,5-6,8H2,1-4H3,(H2,21,22)(H,23,26)/t11?,16-/m0/s1. The molecule has 0 radical (unpaired) electrons. The minimum Gasteiger partial charge on any atom is -0.427 e. The van der Waals surface area contributed by atoms with Crippen molar-refractivity contribution in [3.63, 3.8) is 0 Å². The van der Waals surface area contributed by atoms with Crippen LogP contribution in [0.1, 0.15) is 31.3 Å². The average Bonchev–Trinajstić information content (AvgIpc) is 3.21. The summed E-state index contributed by atoms with van der Waals surface area (Å²) in [5.41, 5.74) is 5.07. The lowest BCUT2D eigenvalue weighted by atomic mass is 9.98. The fraction of sp³-hybridized carbons (Fsp3) is 0.500. The van der Waals surface area contributed by atoms with Gasteiger partial charge in [0.25, 0.3) is 17.6 Å². The third-order valence-corrected chi connectivity index (χ3v) is 6.81. The lowest BCUT2D eigenvalue weighted by molar-refractivity contribution is -0.173. The van der Waals surface area contributed by atoms with E-state index in [0.29, 0.717) is 11.3 Å². The van der Waals surface area contributed by atoms with E-state index in [1.807, 2.05) is 0 Å². The number of carbonyl (C=O) groups is 5. The van der Waals surface area contributed by atoms with Crippen LogP contribution in [0.5, 0.6) is 0 Å². The fourth-order valence-electron chi connectivity index (χ4n) is 3.09. The molecular weight excluding hydrogens is 488 g/mol. The average molecular weight is 513 g/mol. The zero-order valence-electron chi connectivity index (χ0n) is 18.9. The van der Waals surface area contributed by atoms with E-state index in [9.17, 15) is 24.0 Å². The number of anilines is 1. The third kappa shape index (κ3) is 5.23. The monoisotopic (exact) mass is 512 g/mol. The van der Waals surface area contributed by atoms with E-state index in [4.69, 9.17) is 19.9 Å². The zero-order chi connectivity index (χ0) is 25.2. The first-order valence-corrected chi connectivity index (χ1v) is 11.9. The number of hydrogen-bond acceptors (Lipinski definition) is 12. The first kappa shape index (κ1) is 25.6. The Balaban J connectivity index is 1.69. The number of Topliss-reactive ketones (excluding diaryl/α,β-unsaturated/α-hetero) is 1. The first-order valence-electron chi connectivity index (χ1n) is 10.0.